The van der Waals surface area contributed by atoms with Gasteiger partial charge in [-0.15, -0.1) is 0 Å². The summed E-state index contributed by atoms with van der Waals surface area (Å²) in [5, 5.41) is 5.00. The van der Waals surface area contributed by atoms with Gasteiger partial charge in [-0.2, -0.15) is 0 Å². The van der Waals surface area contributed by atoms with Gasteiger partial charge in [-0.05, 0) is 49.1 Å². The molecule has 0 radical (unpaired) electrons. The number of rotatable bonds is 4. The highest BCUT2D eigenvalue weighted by molar-refractivity contribution is 7.22. The first-order chi connectivity index (χ1) is 13.1. The molecule has 0 unspecified atom stereocenters. The van der Waals surface area contributed by atoms with Crippen LogP contribution in [-0.2, 0) is 0 Å². The molecule has 1 saturated heterocycles. The number of aromatic nitrogens is 1. The third kappa shape index (κ3) is 4.21. The molecular weight excluding hydrogens is 401 g/mol. The number of fused-ring (bicyclic) bond motifs is 1. The van der Waals surface area contributed by atoms with Crippen molar-refractivity contribution in [3.05, 3.63) is 58.1 Å². The van der Waals surface area contributed by atoms with Gasteiger partial charge < -0.3 is 10.2 Å². The van der Waals surface area contributed by atoms with Gasteiger partial charge in [0.2, 0.25) is 0 Å². The number of carbonyl (C=O) groups excluding carboxylic acids is 1. The number of halogens is 2. The Hall–Kier alpha value is -1.82. The highest BCUT2D eigenvalue weighted by atomic mass is 35.5. The molecule has 3 aromatic rings. The standard InChI is InChI=1S/C20H19Cl2N3OS/c21-14-5-6-15(16(22)11-14)19(26)23-12-13-7-9-25(10-8-13)20-24-17-3-1-2-4-18(17)27-20/h1-6,11,13H,7-10,12H2,(H,23,26). The zero-order valence-corrected chi connectivity index (χ0v) is 16.9. The van der Waals surface area contributed by atoms with E-state index < -0.39 is 0 Å². The smallest absolute Gasteiger partial charge is 0.252 e. The number of benzene rings is 2. The summed E-state index contributed by atoms with van der Waals surface area (Å²) < 4.78 is 1.22. The lowest BCUT2D eigenvalue weighted by atomic mass is 9.97. The fraction of sp³-hybridized carbons (Fsp3) is 0.300. The molecule has 140 valence electrons. The average Bonchev–Trinajstić information content (AvgIpc) is 3.11. The number of hydrogen-bond donors (Lipinski definition) is 1. The Bertz CT molecular complexity index is 934. The van der Waals surface area contributed by atoms with E-state index in [9.17, 15) is 4.79 Å². The predicted octanol–water partition coefficient (Wildman–Crippen LogP) is 5.25. The molecule has 4 nitrogen and oxygen atoms in total. The van der Waals surface area contributed by atoms with E-state index in [0.29, 0.717) is 28.1 Å². The zero-order chi connectivity index (χ0) is 18.8. The van der Waals surface area contributed by atoms with E-state index in [1.165, 1.54) is 4.70 Å². The molecule has 1 aliphatic rings. The third-order valence-corrected chi connectivity index (χ3v) is 6.54. The Kier molecular flexibility index (Phi) is 5.53. The summed E-state index contributed by atoms with van der Waals surface area (Å²) in [4.78, 5) is 19.4. The van der Waals surface area contributed by atoms with Gasteiger partial charge in [0.05, 0.1) is 20.8 Å². The van der Waals surface area contributed by atoms with Crippen molar-refractivity contribution < 1.29 is 4.79 Å². The summed E-state index contributed by atoms with van der Waals surface area (Å²) in [6.07, 6.45) is 2.06. The summed E-state index contributed by atoms with van der Waals surface area (Å²) in [6.45, 7) is 2.58. The molecule has 0 bridgehead atoms. The fourth-order valence-electron chi connectivity index (χ4n) is 3.33. The van der Waals surface area contributed by atoms with Gasteiger partial charge in [0.1, 0.15) is 0 Å². The molecule has 2 heterocycles. The lowest BCUT2D eigenvalue weighted by Crippen LogP contribution is -2.38. The highest BCUT2D eigenvalue weighted by Crippen LogP contribution is 2.31. The van der Waals surface area contributed by atoms with Crippen molar-refractivity contribution in [1.82, 2.24) is 10.3 Å². The first-order valence-corrected chi connectivity index (χ1v) is 10.5. The maximum Gasteiger partial charge on any atom is 0.252 e. The average molecular weight is 420 g/mol. The number of nitrogens with zero attached hydrogens (tertiary/aromatic N) is 2. The number of piperidine rings is 1. The van der Waals surface area contributed by atoms with Crippen LogP contribution in [0.4, 0.5) is 5.13 Å². The molecule has 4 rings (SSSR count). The van der Waals surface area contributed by atoms with Crippen molar-refractivity contribution in [3.8, 4) is 0 Å². The van der Waals surface area contributed by atoms with Crippen molar-refractivity contribution in [2.24, 2.45) is 5.92 Å². The third-order valence-electron chi connectivity index (χ3n) is 4.89. The number of nitrogens with one attached hydrogen (secondary N) is 1. The fourth-order valence-corrected chi connectivity index (χ4v) is 4.84. The maximum atomic E-state index is 12.3. The number of para-hydroxylation sites is 1. The first-order valence-electron chi connectivity index (χ1n) is 8.94. The van der Waals surface area contributed by atoms with Crippen LogP contribution in [0.25, 0.3) is 10.2 Å². The molecule has 1 fully saturated rings. The molecule has 27 heavy (non-hydrogen) atoms. The van der Waals surface area contributed by atoms with E-state index in [2.05, 4.69) is 22.3 Å². The van der Waals surface area contributed by atoms with E-state index in [-0.39, 0.29) is 5.91 Å². The lowest BCUT2D eigenvalue weighted by molar-refractivity contribution is 0.0945. The molecule has 0 atom stereocenters. The molecule has 0 spiro atoms. The van der Waals surface area contributed by atoms with Crippen LogP contribution in [0.2, 0.25) is 10.0 Å². The Balaban J connectivity index is 1.31. The van der Waals surface area contributed by atoms with Gasteiger partial charge in [-0.3, -0.25) is 4.79 Å². The summed E-state index contributed by atoms with van der Waals surface area (Å²) >= 11 is 13.7. The second-order valence-corrected chi connectivity index (χ2v) is 8.58. The minimum absolute atomic E-state index is 0.148. The number of amides is 1. The quantitative estimate of drug-likeness (QED) is 0.627. The van der Waals surface area contributed by atoms with E-state index in [4.69, 9.17) is 28.2 Å². The van der Waals surface area contributed by atoms with Crippen molar-refractivity contribution in [2.75, 3.05) is 24.5 Å². The summed E-state index contributed by atoms with van der Waals surface area (Å²) in [5.74, 6) is 0.316. The van der Waals surface area contributed by atoms with Crippen LogP contribution in [0.1, 0.15) is 23.2 Å². The Morgan fingerprint density at radius 3 is 2.70 bits per heavy atom. The number of thiazole rings is 1. The van der Waals surface area contributed by atoms with Crippen LogP contribution in [0.15, 0.2) is 42.5 Å². The molecule has 7 heteroatoms. The van der Waals surface area contributed by atoms with Crippen molar-refractivity contribution in [3.63, 3.8) is 0 Å². The minimum Gasteiger partial charge on any atom is -0.352 e. The number of hydrogen-bond acceptors (Lipinski definition) is 4. The number of carbonyl (C=O) groups is 1. The maximum absolute atomic E-state index is 12.3. The molecule has 0 aliphatic carbocycles. The summed E-state index contributed by atoms with van der Waals surface area (Å²) in [5.41, 5.74) is 1.53. The van der Waals surface area contributed by atoms with Crippen molar-refractivity contribution in [1.29, 1.82) is 0 Å². The van der Waals surface area contributed by atoms with Crippen LogP contribution in [0.3, 0.4) is 0 Å². The van der Waals surface area contributed by atoms with Gasteiger partial charge in [0.25, 0.3) is 5.91 Å². The van der Waals surface area contributed by atoms with Gasteiger partial charge in [-0.1, -0.05) is 46.7 Å². The monoisotopic (exact) mass is 419 g/mol. The second kappa shape index (κ2) is 8.05. The molecule has 1 aromatic heterocycles. The van der Waals surface area contributed by atoms with Gasteiger partial charge in [0, 0.05) is 24.7 Å². The van der Waals surface area contributed by atoms with Crippen LogP contribution < -0.4 is 10.2 Å². The molecule has 1 amide bonds. The Morgan fingerprint density at radius 2 is 1.96 bits per heavy atom. The largest absolute Gasteiger partial charge is 0.352 e. The molecule has 1 aliphatic heterocycles. The summed E-state index contributed by atoms with van der Waals surface area (Å²) in [6, 6.07) is 13.2. The SMILES string of the molecule is O=C(NCC1CCN(c2nc3ccccc3s2)CC1)c1ccc(Cl)cc1Cl. The van der Waals surface area contributed by atoms with E-state index in [0.717, 1.165) is 36.6 Å². The van der Waals surface area contributed by atoms with Gasteiger partial charge in [0.15, 0.2) is 5.13 Å². The molecular formula is C20H19Cl2N3OS. The summed E-state index contributed by atoms with van der Waals surface area (Å²) in [7, 11) is 0. The van der Waals surface area contributed by atoms with Crippen LogP contribution >= 0.6 is 34.5 Å². The zero-order valence-electron chi connectivity index (χ0n) is 14.6. The van der Waals surface area contributed by atoms with E-state index in [1.807, 2.05) is 12.1 Å². The second-order valence-electron chi connectivity index (χ2n) is 6.73. The van der Waals surface area contributed by atoms with Crippen molar-refractivity contribution in [2.45, 2.75) is 12.8 Å². The normalized spacial score (nSPS) is 15.3. The molecule has 0 saturated carbocycles. The first kappa shape index (κ1) is 18.5. The van der Waals surface area contributed by atoms with Crippen LogP contribution in [0.5, 0.6) is 0 Å². The Labute approximate surface area is 172 Å². The highest BCUT2D eigenvalue weighted by Gasteiger charge is 2.22. The predicted molar refractivity (Wildman–Crippen MR) is 113 cm³/mol. The van der Waals surface area contributed by atoms with E-state index >= 15 is 0 Å². The van der Waals surface area contributed by atoms with Crippen LogP contribution in [0, 0.1) is 5.92 Å². The van der Waals surface area contributed by atoms with E-state index in [1.54, 1.807) is 29.5 Å². The number of anilines is 1. The molecule has 1 N–H and O–H groups in total. The van der Waals surface area contributed by atoms with Crippen LogP contribution in [-0.4, -0.2) is 30.5 Å². The minimum atomic E-state index is -0.148. The molecule has 2 aromatic carbocycles. The topological polar surface area (TPSA) is 45.2 Å². The lowest BCUT2D eigenvalue weighted by Gasteiger charge is -2.31. The Morgan fingerprint density at radius 1 is 1.19 bits per heavy atom. The van der Waals surface area contributed by atoms with Crippen molar-refractivity contribution >= 4 is 55.8 Å². The van der Waals surface area contributed by atoms with Gasteiger partial charge in [-0.25, -0.2) is 4.98 Å². The van der Waals surface area contributed by atoms with Gasteiger partial charge >= 0.3 is 0 Å².